The van der Waals surface area contributed by atoms with Gasteiger partial charge in [-0.1, -0.05) is 67.6 Å². The zero-order chi connectivity index (χ0) is 16.3. The molecule has 1 amide bonds. The van der Waals surface area contributed by atoms with E-state index in [-0.39, 0.29) is 5.91 Å². The molecular weight excluding hydrogens is 284 g/mol. The lowest BCUT2D eigenvalue weighted by atomic mass is 10.1. The quantitative estimate of drug-likeness (QED) is 0.771. The Bertz CT molecular complexity index is 569. The first kappa shape index (κ1) is 17.2. The molecule has 0 fully saturated rings. The van der Waals surface area contributed by atoms with Gasteiger partial charge in [-0.2, -0.15) is 0 Å². The summed E-state index contributed by atoms with van der Waals surface area (Å²) < 4.78 is 0. The van der Waals surface area contributed by atoms with Gasteiger partial charge in [-0.3, -0.25) is 9.69 Å². The number of carbonyl (C=O) groups excluding carboxylic acids is 1. The second-order valence-corrected chi connectivity index (χ2v) is 5.78. The van der Waals surface area contributed by atoms with Gasteiger partial charge in [-0.25, -0.2) is 0 Å². The average molecular weight is 310 g/mol. The Morgan fingerprint density at radius 3 is 2.17 bits per heavy atom. The Morgan fingerprint density at radius 1 is 0.957 bits per heavy atom. The lowest BCUT2D eigenvalue weighted by Crippen LogP contribution is -2.38. The van der Waals surface area contributed by atoms with E-state index in [0.717, 1.165) is 25.9 Å². The molecule has 0 radical (unpaired) electrons. The fraction of sp³-hybridized carbons (Fsp3) is 0.350. The van der Waals surface area contributed by atoms with Crippen molar-refractivity contribution in [3.05, 3.63) is 71.8 Å². The van der Waals surface area contributed by atoms with Crippen LogP contribution >= 0.6 is 0 Å². The van der Waals surface area contributed by atoms with E-state index in [1.54, 1.807) is 0 Å². The maximum Gasteiger partial charge on any atom is 0.234 e. The van der Waals surface area contributed by atoms with Gasteiger partial charge in [0.05, 0.1) is 6.54 Å². The minimum Gasteiger partial charge on any atom is -0.355 e. The van der Waals surface area contributed by atoms with Crippen LogP contribution in [0.3, 0.4) is 0 Å². The summed E-state index contributed by atoms with van der Waals surface area (Å²) in [7, 11) is 0. The molecule has 0 aliphatic carbocycles. The molecule has 2 aromatic carbocycles. The molecule has 0 bridgehead atoms. The third kappa shape index (κ3) is 6.66. The van der Waals surface area contributed by atoms with Gasteiger partial charge >= 0.3 is 0 Å². The Kier molecular flexibility index (Phi) is 7.34. The van der Waals surface area contributed by atoms with Crippen LogP contribution in [-0.4, -0.2) is 30.4 Å². The SMILES string of the molecule is CCCN(CC(=O)NCCc1ccccc1)Cc1ccccc1. The first-order valence-corrected chi connectivity index (χ1v) is 8.35. The summed E-state index contributed by atoms with van der Waals surface area (Å²) in [6.07, 6.45) is 1.92. The van der Waals surface area contributed by atoms with Gasteiger partial charge in [-0.15, -0.1) is 0 Å². The van der Waals surface area contributed by atoms with Crippen LogP contribution < -0.4 is 5.32 Å². The molecule has 0 aromatic heterocycles. The molecule has 2 rings (SSSR count). The van der Waals surface area contributed by atoms with Crippen LogP contribution in [0, 0.1) is 0 Å². The van der Waals surface area contributed by atoms with Crippen LogP contribution in [-0.2, 0) is 17.8 Å². The monoisotopic (exact) mass is 310 g/mol. The molecule has 2 aromatic rings. The third-order valence-electron chi connectivity index (χ3n) is 3.73. The number of amides is 1. The molecule has 0 heterocycles. The fourth-order valence-corrected chi connectivity index (χ4v) is 2.62. The molecule has 0 spiro atoms. The number of nitrogens with one attached hydrogen (secondary N) is 1. The summed E-state index contributed by atoms with van der Waals surface area (Å²) in [5, 5.41) is 3.03. The van der Waals surface area contributed by atoms with Crippen LogP contribution in [0.5, 0.6) is 0 Å². The summed E-state index contributed by atoms with van der Waals surface area (Å²) in [6, 6.07) is 20.6. The van der Waals surface area contributed by atoms with Crippen LogP contribution in [0.4, 0.5) is 0 Å². The topological polar surface area (TPSA) is 32.3 Å². The van der Waals surface area contributed by atoms with Crippen LogP contribution in [0.15, 0.2) is 60.7 Å². The predicted molar refractivity (Wildman–Crippen MR) is 95.2 cm³/mol. The van der Waals surface area contributed by atoms with Gasteiger partial charge in [-0.05, 0) is 30.5 Å². The maximum atomic E-state index is 12.2. The standard InChI is InChI=1S/C20H26N2O/c1-2-15-22(16-19-11-7-4-8-12-19)17-20(23)21-14-13-18-9-5-3-6-10-18/h3-12H,2,13-17H2,1H3,(H,21,23). The van der Waals surface area contributed by atoms with Crippen molar-refractivity contribution in [2.24, 2.45) is 0 Å². The Morgan fingerprint density at radius 2 is 1.57 bits per heavy atom. The van der Waals surface area contributed by atoms with Crippen molar-refractivity contribution in [3.8, 4) is 0 Å². The van der Waals surface area contributed by atoms with E-state index in [4.69, 9.17) is 0 Å². The van der Waals surface area contributed by atoms with Crippen molar-refractivity contribution in [1.29, 1.82) is 0 Å². The van der Waals surface area contributed by atoms with E-state index >= 15 is 0 Å². The molecule has 0 saturated carbocycles. The van der Waals surface area contributed by atoms with Gasteiger partial charge in [0, 0.05) is 13.1 Å². The highest BCUT2D eigenvalue weighted by Crippen LogP contribution is 2.05. The number of carbonyl (C=O) groups is 1. The van der Waals surface area contributed by atoms with E-state index < -0.39 is 0 Å². The second-order valence-electron chi connectivity index (χ2n) is 5.78. The molecule has 122 valence electrons. The van der Waals surface area contributed by atoms with E-state index in [9.17, 15) is 4.79 Å². The molecular formula is C20H26N2O. The molecule has 0 aliphatic heterocycles. The van der Waals surface area contributed by atoms with Gasteiger partial charge in [0.15, 0.2) is 0 Å². The largest absolute Gasteiger partial charge is 0.355 e. The minimum absolute atomic E-state index is 0.102. The van der Waals surface area contributed by atoms with Crippen LogP contribution in [0.2, 0.25) is 0 Å². The zero-order valence-corrected chi connectivity index (χ0v) is 13.9. The number of hydrogen-bond acceptors (Lipinski definition) is 2. The highest BCUT2D eigenvalue weighted by atomic mass is 16.2. The molecule has 23 heavy (non-hydrogen) atoms. The zero-order valence-electron chi connectivity index (χ0n) is 13.9. The van der Waals surface area contributed by atoms with Gasteiger partial charge in [0.2, 0.25) is 5.91 Å². The second kappa shape index (κ2) is 9.80. The van der Waals surface area contributed by atoms with Crippen molar-refractivity contribution in [1.82, 2.24) is 10.2 Å². The molecule has 1 N–H and O–H groups in total. The highest BCUT2D eigenvalue weighted by Gasteiger charge is 2.10. The summed E-state index contributed by atoms with van der Waals surface area (Å²) in [5.74, 6) is 0.102. The molecule has 0 unspecified atom stereocenters. The molecule has 0 atom stereocenters. The molecule has 0 saturated heterocycles. The minimum atomic E-state index is 0.102. The van der Waals surface area contributed by atoms with Crippen LogP contribution in [0.1, 0.15) is 24.5 Å². The fourth-order valence-electron chi connectivity index (χ4n) is 2.62. The van der Waals surface area contributed by atoms with Crippen LogP contribution in [0.25, 0.3) is 0 Å². The summed E-state index contributed by atoms with van der Waals surface area (Å²) in [6.45, 7) is 5.04. The predicted octanol–water partition coefficient (Wildman–Crippen LogP) is 3.26. The van der Waals surface area contributed by atoms with Crippen molar-refractivity contribution in [2.45, 2.75) is 26.3 Å². The van der Waals surface area contributed by atoms with Crippen molar-refractivity contribution in [2.75, 3.05) is 19.6 Å². The number of benzene rings is 2. The number of rotatable bonds is 9. The number of nitrogens with zero attached hydrogens (tertiary/aromatic N) is 1. The molecule has 0 aliphatic rings. The van der Waals surface area contributed by atoms with Gasteiger partial charge < -0.3 is 5.32 Å². The Balaban J connectivity index is 1.76. The van der Waals surface area contributed by atoms with E-state index in [1.165, 1.54) is 11.1 Å². The Hall–Kier alpha value is -2.13. The summed E-state index contributed by atoms with van der Waals surface area (Å²) in [5.41, 5.74) is 2.50. The lowest BCUT2D eigenvalue weighted by Gasteiger charge is -2.21. The molecule has 3 nitrogen and oxygen atoms in total. The van der Waals surface area contributed by atoms with Crippen molar-refractivity contribution >= 4 is 5.91 Å². The van der Waals surface area contributed by atoms with E-state index in [2.05, 4.69) is 41.4 Å². The van der Waals surface area contributed by atoms with E-state index in [0.29, 0.717) is 13.1 Å². The first-order valence-electron chi connectivity index (χ1n) is 8.35. The summed E-state index contributed by atoms with van der Waals surface area (Å²) in [4.78, 5) is 14.4. The highest BCUT2D eigenvalue weighted by molar-refractivity contribution is 5.78. The van der Waals surface area contributed by atoms with Crippen molar-refractivity contribution < 1.29 is 4.79 Å². The third-order valence-corrected chi connectivity index (χ3v) is 3.73. The smallest absolute Gasteiger partial charge is 0.234 e. The van der Waals surface area contributed by atoms with Gasteiger partial charge in [0.25, 0.3) is 0 Å². The number of hydrogen-bond donors (Lipinski definition) is 1. The van der Waals surface area contributed by atoms with Crippen molar-refractivity contribution in [3.63, 3.8) is 0 Å². The first-order chi connectivity index (χ1) is 11.3. The lowest BCUT2D eigenvalue weighted by molar-refractivity contribution is -0.122. The molecule has 3 heteroatoms. The Labute approximate surface area is 139 Å². The average Bonchev–Trinajstić information content (AvgIpc) is 2.57. The maximum absolute atomic E-state index is 12.2. The summed E-state index contributed by atoms with van der Waals surface area (Å²) >= 11 is 0. The van der Waals surface area contributed by atoms with E-state index in [1.807, 2.05) is 36.4 Å². The van der Waals surface area contributed by atoms with Gasteiger partial charge in [0.1, 0.15) is 0 Å². The normalized spacial score (nSPS) is 10.7.